The van der Waals surface area contributed by atoms with E-state index in [4.69, 9.17) is 0 Å². The summed E-state index contributed by atoms with van der Waals surface area (Å²) in [6.07, 6.45) is 0. The molecule has 0 aromatic heterocycles. The van der Waals surface area contributed by atoms with Gasteiger partial charge in [0.1, 0.15) is 10.7 Å². The van der Waals surface area contributed by atoms with E-state index in [-0.39, 0.29) is 9.79 Å². The molecule has 0 aliphatic heterocycles. The van der Waals surface area contributed by atoms with E-state index in [2.05, 4.69) is 15.9 Å². The normalized spacial score (nSPS) is 11.4. The molecule has 0 spiro atoms. The lowest BCUT2D eigenvalue weighted by atomic mass is 10.3. The molecule has 0 heterocycles. The first-order chi connectivity index (χ1) is 8.01. The van der Waals surface area contributed by atoms with Crippen LogP contribution in [0.2, 0.25) is 0 Å². The minimum atomic E-state index is -3.78. The second-order valence-electron chi connectivity index (χ2n) is 3.39. The summed E-state index contributed by atoms with van der Waals surface area (Å²) in [5, 5.41) is 0. The predicted molar refractivity (Wildman–Crippen MR) is 66.0 cm³/mol. The molecule has 0 aliphatic carbocycles. The van der Waals surface area contributed by atoms with Crippen LogP contribution in [0.25, 0.3) is 0 Å². The van der Waals surface area contributed by atoms with Crippen LogP contribution in [-0.2, 0) is 9.84 Å². The number of halogens is 2. The number of benzene rings is 2. The fraction of sp³-hybridized carbons (Fsp3) is 0. The lowest BCUT2D eigenvalue weighted by molar-refractivity contribution is 0.566. The first kappa shape index (κ1) is 12.3. The number of hydrogen-bond acceptors (Lipinski definition) is 2. The maximum absolute atomic E-state index is 13.6. The van der Waals surface area contributed by atoms with Crippen LogP contribution >= 0.6 is 15.9 Å². The van der Waals surface area contributed by atoms with Gasteiger partial charge in [0.05, 0.1) is 4.90 Å². The third-order valence-electron chi connectivity index (χ3n) is 2.24. The monoisotopic (exact) mass is 314 g/mol. The molecule has 0 atom stereocenters. The van der Waals surface area contributed by atoms with E-state index in [0.29, 0.717) is 4.47 Å². The van der Waals surface area contributed by atoms with E-state index < -0.39 is 15.7 Å². The van der Waals surface area contributed by atoms with Gasteiger partial charge in [0.2, 0.25) is 9.84 Å². The molecule has 2 aromatic rings. The Hall–Kier alpha value is -1.20. The van der Waals surface area contributed by atoms with Crippen LogP contribution in [0.3, 0.4) is 0 Å². The minimum absolute atomic E-state index is 0.0845. The molecule has 17 heavy (non-hydrogen) atoms. The molecule has 0 saturated carbocycles. The summed E-state index contributed by atoms with van der Waals surface area (Å²) in [6, 6.07) is 11.7. The van der Waals surface area contributed by atoms with Crippen molar-refractivity contribution in [1.29, 1.82) is 0 Å². The Bertz CT molecular complexity index is 639. The van der Waals surface area contributed by atoms with Crippen LogP contribution < -0.4 is 0 Å². The van der Waals surface area contributed by atoms with Gasteiger partial charge in [-0.1, -0.05) is 34.1 Å². The van der Waals surface area contributed by atoms with E-state index in [1.165, 1.54) is 24.3 Å². The Kier molecular flexibility index (Phi) is 3.31. The van der Waals surface area contributed by atoms with Crippen LogP contribution in [0, 0.1) is 5.82 Å². The quantitative estimate of drug-likeness (QED) is 0.851. The van der Waals surface area contributed by atoms with E-state index >= 15 is 0 Å². The topological polar surface area (TPSA) is 34.1 Å². The van der Waals surface area contributed by atoms with Gasteiger partial charge >= 0.3 is 0 Å². The fourth-order valence-electron chi connectivity index (χ4n) is 1.42. The summed E-state index contributed by atoms with van der Waals surface area (Å²) in [5.74, 6) is -0.761. The van der Waals surface area contributed by atoms with Crippen molar-refractivity contribution in [2.75, 3.05) is 0 Å². The zero-order chi connectivity index (χ0) is 12.5. The summed E-state index contributed by atoms with van der Waals surface area (Å²) in [6.45, 7) is 0. The summed E-state index contributed by atoms with van der Waals surface area (Å²) < 4.78 is 38.3. The minimum Gasteiger partial charge on any atom is -0.218 e. The van der Waals surface area contributed by atoms with Crippen molar-refractivity contribution in [2.24, 2.45) is 0 Å². The SMILES string of the molecule is O=S(=O)(c1ccccc1)c1ccc(Br)cc1F. The Morgan fingerprint density at radius 1 is 1.00 bits per heavy atom. The van der Waals surface area contributed by atoms with Crippen molar-refractivity contribution >= 4 is 25.8 Å². The molecule has 0 N–H and O–H groups in total. The zero-order valence-corrected chi connectivity index (χ0v) is 11.0. The van der Waals surface area contributed by atoms with Gasteiger partial charge in [-0.3, -0.25) is 0 Å². The number of hydrogen-bond donors (Lipinski definition) is 0. The van der Waals surface area contributed by atoms with Gasteiger partial charge in [0.15, 0.2) is 0 Å². The van der Waals surface area contributed by atoms with Crippen LogP contribution in [0.1, 0.15) is 0 Å². The number of sulfone groups is 1. The highest BCUT2D eigenvalue weighted by atomic mass is 79.9. The summed E-state index contributed by atoms with van der Waals surface area (Å²) >= 11 is 3.08. The molecular weight excluding hydrogens is 307 g/mol. The fourth-order valence-corrected chi connectivity index (χ4v) is 3.09. The van der Waals surface area contributed by atoms with Gasteiger partial charge in [0.25, 0.3) is 0 Å². The second-order valence-corrected chi connectivity index (χ2v) is 6.23. The first-order valence-corrected chi connectivity index (χ1v) is 7.04. The maximum atomic E-state index is 13.6. The molecule has 0 saturated heterocycles. The lowest BCUT2D eigenvalue weighted by Gasteiger charge is -2.05. The third kappa shape index (κ3) is 2.40. The van der Waals surface area contributed by atoms with Gasteiger partial charge in [-0.2, -0.15) is 0 Å². The van der Waals surface area contributed by atoms with Crippen molar-refractivity contribution in [3.05, 3.63) is 58.8 Å². The molecular formula is C12H8BrFO2S. The molecule has 2 nitrogen and oxygen atoms in total. The summed E-state index contributed by atoms with van der Waals surface area (Å²) in [7, 11) is -3.78. The van der Waals surface area contributed by atoms with Crippen LogP contribution in [0.15, 0.2) is 62.8 Å². The number of rotatable bonds is 2. The van der Waals surface area contributed by atoms with Crippen molar-refractivity contribution < 1.29 is 12.8 Å². The molecule has 0 aliphatic rings. The van der Waals surface area contributed by atoms with Crippen molar-refractivity contribution in [2.45, 2.75) is 9.79 Å². The van der Waals surface area contributed by atoms with Crippen molar-refractivity contribution in [1.82, 2.24) is 0 Å². The van der Waals surface area contributed by atoms with Gasteiger partial charge < -0.3 is 0 Å². The molecule has 2 rings (SSSR count). The standard InChI is InChI=1S/C12H8BrFO2S/c13-9-6-7-12(11(14)8-9)17(15,16)10-4-2-1-3-5-10/h1-8H. The molecule has 0 amide bonds. The average Bonchev–Trinajstić information content (AvgIpc) is 2.29. The predicted octanol–water partition coefficient (Wildman–Crippen LogP) is 3.42. The highest BCUT2D eigenvalue weighted by molar-refractivity contribution is 9.10. The van der Waals surface area contributed by atoms with Crippen molar-refractivity contribution in [3.8, 4) is 0 Å². The van der Waals surface area contributed by atoms with Gasteiger partial charge in [-0.25, -0.2) is 12.8 Å². The van der Waals surface area contributed by atoms with Gasteiger partial charge in [-0.05, 0) is 30.3 Å². The van der Waals surface area contributed by atoms with Gasteiger partial charge in [0, 0.05) is 4.47 Å². The molecule has 2 aromatic carbocycles. The Labute approximate surface area is 107 Å². The Morgan fingerprint density at radius 3 is 2.24 bits per heavy atom. The lowest BCUT2D eigenvalue weighted by Crippen LogP contribution is -2.04. The van der Waals surface area contributed by atoms with E-state index in [1.807, 2.05) is 0 Å². The van der Waals surface area contributed by atoms with Crippen LogP contribution in [-0.4, -0.2) is 8.42 Å². The molecule has 5 heteroatoms. The first-order valence-electron chi connectivity index (χ1n) is 4.77. The average molecular weight is 315 g/mol. The maximum Gasteiger partial charge on any atom is 0.209 e. The largest absolute Gasteiger partial charge is 0.218 e. The summed E-state index contributed by atoms with van der Waals surface area (Å²) in [4.78, 5) is -0.229. The Balaban J connectivity index is 2.61. The molecule has 0 radical (unpaired) electrons. The molecule has 0 bridgehead atoms. The third-order valence-corrected chi connectivity index (χ3v) is 4.53. The van der Waals surface area contributed by atoms with E-state index in [9.17, 15) is 12.8 Å². The van der Waals surface area contributed by atoms with E-state index in [0.717, 1.165) is 6.07 Å². The summed E-state index contributed by atoms with van der Waals surface area (Å²) in [5.41, 5.74) is 0. The van der Waals surface area contributed by atoms with Crippen LogP contribution in [0.5, 0.6) is 0 Å². The Morgan fingerprint density at radius 2 is 1.65 bits per heavy atom. The molecule has 0 fully saturated rings. The van der Waals surface area contributed by atoms with Crippen LogP contribution in [0.4, 0.5) is 4.39 Å². The van der Waals surface area contributed by atoms with Crippen molar-refractivity contribution in [3.63, 3.8) is 0 Å². The smallest absolute Gasteiger partial charge is 0.209 e. The second kappa shape index (κ2) is 4.58. The molecule has 88 valence electrons. The van der Waals surface area contributed by atoms with Gasteiger partial charge in [-0.15, -0.1) is 0 Å². The van der Waals surface area contributed by atoms with E-state index in [1.54, 1.807) is 18.2 Å². The highest BCUT2D eigenvalue weighted by Crippen LogP contribution is 2.25. The highest BCUT2D eigenvalue weighted by Gasteiger charge is 2.21. The molecule has 0 unspecified atom stereocenters. The zero-order valence-electron chi connectivity index (χ0n) is 8.60.